The molecule has 0 spiro atoms. The van der Waals surface area contributed by atoms with Crippen LogP contribution in [-0.2, 0) is 0 Å². The summed E-state index contributed by atoms with van der Waals surface area (Å²) >= 11 is 0. The Morgan fingerprint density at radius 3 is 3.07 bits per heavy atom. The summed E-state index contributed by atoms with van der Waals surface area (Å²) in [4.78, 5) is 6.72. The molecule has 82 valence electrons. The normalized spacial score (nSPS) is 22.1. The average Bonchev–Trinajstić information content (AvgIpc) is 2.65. The van der Waals surface area contributed by atoms with Crippen LogP contribution in [0.25, 0.3) is 0 Å². The SMILES string of the molecule is CCN1CCCC1c1cnc(N)cc1C. The highest BCUT2D eigenvalue weighted by Gasteiger charge is 2.25. The first kappa shape index (κ1) is 10.4. The summed E-state index contributed by atoms with van der Waals surface area (Å²) in [5.41, 5.74) is 8.29. The lowest BCUT2D eigenvalue weighted by atomic mass is 10.0. The summed E-state index contributed by atoms with van der Waals surface area (Å²) in [5, 5.41) is 0. The number of anilines is 1. The summed E-state index contributed by atoms with van der Waals surface area (Å²) in [5.74, 6) is 0.622. The molecule has 0 bridgehead atoms. The van der Waals surface area contributed by atoms with E-state index >= 15 is 0 Å². The monoisotopic (exact) mass is 205 g/mol. The lowest BCUT2D eigenvalue weighted by molar-refractivity contribution is 0.270. The number of aryl methyl sites for hydroxylation is 1. The van der Waals surface area contributed by atoms with E-state index in [1.54, 1.807) is 0 Å². The molecule has 0 radical (unpaired) electrons. The van der Waals surface area contributed by atoms with Gasteiger partial charge in [-0.3, -0.25) is 4.90 Å². The van der Waals surface area contributed by atoms with Crippen LogP contribution in [0, 0.1) is 6.92 Å². The molecule has 1 saturated heterocycles. The van der Waals surface area contributed by atoms with Gasteiger partial charge in [0.2, 0.25) is 0 Å². The van der Waals surface area contributed by atoms with Crippen LogP contribution < -0.4 is 5.73 Å². The van der Waals surface area contributed by atoms with Crippen molar-refractivity contribution in [3.05, 3.63) is 23.4 Å². The third-order valence-electron chi connectivity index (χ3n) is 3.30. The number of nitrogens with zero attached hydrogens (tertiary/aromatic N) is 2. The van der Waals surface area contributed by atoms with Crippen LogP contribution in [0.2, 0.25) is 0 Å². The highest BCUT2D eigenvalue weighted by Crippen LogP contribution is 2.33. The molecule has 3 heteroatoms. The van der Waals surface area contributed by atoms with Crippen LogP contribution in [0.15, 0.2) is 12.3 Å². The summed E-state index contributed by atoms with van der Waals surface area (Å²) in [7, 11) is 0. The van der Waals surface area contributed by atoms with Crippen LogP contribution in [0.4, 0.5) is 5.82 Å². The second-order valence-electron chi connectivity index (χ2n) is 4.25. The molecule has 1 fully saturated rings. The molecule has 15 heavy (non-hydrogen) atoms. The second-order valence-corrected chi connectivity index (χ2v) is 4.25. The Morgan fingerprint density at radius 2 is 2.40 bits per heavy atom. The van der Waals surface area contributed by atoms with Crippen LogP contribution in [0.3, 0.4) is 0 Å². The molecule has 2 heterocycles. The van der Waals surface area contributed by atoms with E-state index in [1.165, 1.54) is 30.5 Å². The largest absolute Gasteiger partial charge is 0.384 e. The minimum absolute atomic E-state index is 0.558. The molecule has 1 aliphatic rings. The van der Waals surface area contributed by atoms with Gasteiger partial charge in [-0.15, -0.1) is 0 Å². The van der Waals surface area contributed by atoms with Gasteiger partial charge in [-0.2, -0.15) is 0 Å². The summed E-state index contributed by atoms with van der Waals surface area (Å²) < 4.78 is 0. The zero-order valence-corrected chi connectivity index (χ0v) is 9.53. The zero-order valence-electron chi connectivity index (χ0n) is 9.53. The first-order valence-corrected chi connectivity index (χ1v) is 5.68. The molecule has 1 atom stereocenters. The molecule has 2 rings (SSSR count). The lowest BCUT2D eigenvalue weighted by Crippen LogP contribution is -2.23. The van der Waals surface area contributed by atoms with Crippen LogP contribution >= 0.6 is 0 Å². The van der Waals surface area contributed by atoms with E-state index in [4.69, 9.17) is 5.73 Å². The molecule has 0 aliphatic carbocycles. The van der Waals surface area contributed by atoms with Gasteiger partial charge in [-0.25, -0.2) is 4.98 Å². The van der Waals surface area contributed by atoms with Crippen molar-refractivity contribution in [2.75, 3.05) is 18.8 Å². The van der Waals surface area contributed by atoms with Crippen molar-refractivity contribution in [1.29, 1.82) is 0 Å². The molecule has 1 unspecified atom stereocenters. The first-order chi connectivity index (χ1) is 7.22. The summed E-state index contributed by atoms with van der Waals surface area (Å²) in [6.07, 6.45) is 4.49. The fraction of sp³-hybridized carbons (Fsp3) is 0.583. The Labute approximate surface area is 91.3 Å². The van der Waals surface area contributed by atoms with Gasteiger partial charge in [0.15, 0.2) is 0 Å². The van der Waals surface area contributed by atoms with Gasteiger partial charge in [0.25, 0.3) is 0 Å². The first-order valence-electron chi connectivity index (χ1n) is 5.68. The maximum atomic E-state index is 5.67. The molecule has 1 aliphatic heterocycles. The van der Waals surface area contributed by atoms with Crippen molar-refractivity contribution >= 4 is 5.82 Å². The Bertz CT molecular complexity index is 349. The maximum Gasteiger partial charge on any atom is 0.123 e. The predicted octanol–water partition coefficient (Wildman–Crippen LogP) is 2.13. The number of nitrogen functional groups attached to an aromatic ring is 1. The van der Waals surface area contributed by atoms with E-state index < -0.39 is 0 Å². The smallest absolute Gasteiger partial charge is 0.123 e. The van der Waals surface area contributed by atoms with E-state index in [-0.39, 0.29) is 0 Å². The predicted molar refractivity (Wildman–Crippen MR) is 62.6 cm³/mol. The Morgan fingerprint density at radius 1 is 1.60 bits per heavy atom. The molecule has 2 N–H and O–H groups in total. The van der Waals surface area contributed by atoms with E-state index in [1.807, 2.05) is 12.3 Å². The number of hydrogen-bond acceptors (Lipinski definition) is 3. The highest BCUT2D eigenvalue weighted by molar-refractivity contribution is 5.37. The number of hydrogen-bond donors (Lipinski definition) is 1. The molecule has 1 aromatic rings. The van der Waals surface area contributed by atoms with Gasteiger partial charge in [0, 0.05) is 12.2 Å². The van der Waals surface area contributed by atoms with E-state index in [9.17, 15) is 0 Å². The van der Waals surface area contributed by atoms with Gasteiger partial charge in [-0.05, 0) is 50.0 Å². The van der Waals surface area contributed by atoms with E-state index in [0.29, 0.717) is 11.9 Å². The molecule has 0 amide bonds. The quantitative estimate of drug-likeness (QED) is 0.804. The Kier molecular flexibility index (Phi) is 2.91. The number of likely N-dealkylation sites (tertiary alicyclic amines) is 1. The van der Waals surface area contributed by atoms with Crippen LogP contribution in [0.1, 0.15) is 36.9 Å². The van der Waals surface area contributed by atoms with E-state index in [0.717, 1.165) is 6.54 Å². The van der Waals surface area contributed by atoms with Gasteiger partial charge in [0.1, 0.15) is 5.82 Å². The molecular weight excluding hydrogens is 186 g/mol. The van der Waals surface area contributed by atoms with Crippen LogP contribution in [-0.4, -0.2) is 23.0 Å². The van der Waals surface area contributed by atoms with Gasteiger partial charge in [-0.1, -0.05) is 6.92 Å². The summed E-state index contributed by atoms with van der Waals surface area (Å²) in [6, 6.07) is 2.53. The fourth-order valence-electron chi connectivity index (χ4n) is 2.49. The minimum atomic E-state index is 0.558. The average molecular weight is 205 g/mol. The van der Waals surface area contributed by atoms with Crippen LogP contribution in [0.5, 0.6) is 0 Å². The second kappa shape index (κ2) is 4.19. The molecular formula is C12H19N3. The minimum Gasteiger partial charge on any atom is -0.384 e. The lowest BCUT2D eigenvalue weighted by Gasteiger charge is -2.24. The van der Waals surface area contributed by atoms with Gasteiger partial charge < -0.3 is 5.73 Å². The van der Waals surface area contributed by atoms with Gasteiger partial charge >= 0.3 is 0 Å². The van der Waals surface area contributed by atoms with Crippen molar-refractivity contribution in [1.82, 2.24) is 9.88 Å². The topological polar surface area (TPSA) is 42.2 Å². The Balaban J connectivity index is 2.28. The van der Waals surface area contributed by atoms with Crippen molar-refractivity contribution in [2.24, 2.45) is 0 Å². The fourth-order valence-corrected chi connectivity index (χ4v) is 2.49. The van der Waals surface area contributed by atoms with E-state index in [2.05, 4.69) is 23.7 Å². The van der Waals surface area contributed by atoms with Crippen molar-refractivity contribution in [2.45, 2.75) is 32.7 Å². The maximum absolute atomic E-state index is 5.67. The standard InChI is InChI=1S/C12H19N3/c1-3-15-6-4-5-11(15)10-8-14-12(13)7-9(10)2/h7-8,11H,3-6H2,1-2H3,(H2,13,14). The number of rotatable bonds is 2. The molecule has 0 aromatic carbocycles. The summed E-state index contributed by atoms with van der Waals surface area (Å²) in [6.45, 7) is 6.68. The molecule has 3 nitrogen and oxygen atoms in total. The highest BCUT2D eigenvalue weighted by atomic mass is 15.2. The third-order valence-corrected chi connectivity index (χ3v) is 3.30. The zero-order chi connectivity index (χ0) is 10.8. The Hall–Kier alpha value is -1.09. The number of pyridine rings is 1. The number of nitrogens with two attached hydrogens (primary N) is 1. The molecule has 1 aromatic heterocycles. The van der Waals surface area contributed by atoms with Crippen molar-refractivity contribution in [3.63, 3.8) is 0 Å². The third kappa shape index (κ3) is 1.97. The van der Waals surface area contributed by atoms with Gasteiger partial charge in [0.05, 0.1) is 0 Å². The van der Waals surface area contributed by atoms with Crippen molar-refractivity contribution in [3.8, 4) is 0 Å². The molecule has 0 saturated carbocycles. The number of aromatic nitrogens is 1. The van der Waals surface area contributed by atoms with Crippen molar-refractivity contribution < 1.29 is 0 Å².